The molecule has 2 unspecified atom stereocenters. The van der Waals surface area contributed by atoms with Gasteiger partial charge in [-0.1, -0.05) is 0 Å². The molecule has 0 amide bonds. The maximum atomic E-state index is 11.6. The van der Waals surface area contributed by atoms with Crippen molar-refractivity contribution in [2.24, 2.45) is 0 Å². The van der Waals surface area contributed by atoms with Crippen molar-refractivity contribution in [3.05, 3.63) is 18.2 Å². The molecular formula is C14H15NO3. The Morgan fingerprint density at radius 3 is 2.56 bits per heavy atom. The first-order chi connectivity index (χ1) is 8.81. The topological polar surface area (TPSA) is 38.8 Å². The van der Waals surface area contributed by atoms with Crippen LogP contribution in [0.5, 0.6) is 11.5 Å². The summed E-state index contributed by atoms with van der Waals surface area (Å²) in [5.74, 6) is 2.06. The molecular weight excluding hydrogens is 230 g/mol. The molecule has 94 valence electrons. The van der Waals surface area contributed by atoms with Crippen LogP contribution in [-0.2, 0) is 4.79 Å². The van der Waals surface area contributed by atoms with Crippen molar-refractivity contribution in [1.29, 1.82) is 0 Å². The number of hydrogen-bond acceptors (Lipinski definition) is 4. The third-order valence-electron chi connectivity index (χ3n) is 4.20. The predicted molar refractivity (Wildman–Crippen MR) is 66.1 cm³/mol. The van der Waals surface area contributed by atoms with Gasteiger partial charge in [0.05, 0.1) is 0 Å². The number of ether oxygens (including phenoxy) is 2. The molecule has 1 aromatic rings. The van der Waals surface area contributed by atoms with E-state index in [-0.39, 0.29) is 0 Å². The van der Waals surface area contributed by atoms with Crippen LogP contribution in [0.25, 0.3) is 0 Å². The lowest BCUT2D eigenvalue weighted by Gasteiger charge is -2.36. The predicted octanol–water partition coefficient (Wildman–Crippen LogP) is 2.12. The van der Waals surface area contributed by atoms with Gasteiger partial charge in [0.15, 0.2) is 11.5 Å². The molecule has 0 N–H and O–H groups in total. The second kappa shape index (κ2) is 3.64. The fourth-order valence-electron chi connectivity index (χ4n) is 3.44. The first kappa shape index (κ1) is 10.2. The Balaban J connectivity index is 1.69. The molecule has 0 saturated carbocycles. The first-order valence-electron chi connectivity index (χ1n) is 6.51. The van der Waals surface area contributed by atoms with Crippen LogP contribution in [0, 0.1) is 0 Å². The third-order valence-corrected chi connectivity index (χ3v) is 4.20. The van der Waals surface area contributed by atoms with Crippen molar-refractivity contribution in [2.75, 3.05) is 11.7 Å². The van der Waals surface area contributed by atoms with Crippen molar-refractivity contribution >= 4 is 11.5 Å². The van der Waals surface area contributed by atoms with Crippen LogP contribution in [0.4, 0.5) is 5.69 Å². The Morgan fingerprint density at radius 1 is 1.06 bits per heavy atom. The van der Waals surface area contributed by atoms with Gasteiger partial charge in [0, 0.05) is 36.7 Å². The summed E-state index contributed by atoms with van der Waals surface area (Å²) in [4.78, 5) is 14.0. The summed E-state index contributed by atoms with van der Waals surface area (Å²) in [6.07, 6.45) is 3.66. The van der Waals surface area contributed by atoms with Crippen molar-refractivity contribution in [1.82, 2.24) is 0 Å². The average molecular weight is 245 g/mol. The highest BCUT2D eigenvalue weighted by atomic mass is 16.7. The lowest BCUT2D eigenvalue weighted by molar-refractivity contribution is -0.120. The molecule has 2 bridgehead atoms. The lowest BCUT2D eigenvalue weighted by Crippen LogP contribution is -2.43. The lowest BCUT2D eigenvalue weighted by atomic mass is 10.0. The highest BCUT2D eigenvalue weighted by Crippen LogP contribution is 2.42. The van der Waals surface area contributed by atoms with E-state index in [4.69, 9.17) is 9.47 Å². The van der Waals surface area contributed by atoms with Gasteiger partial charge in [-0.3, -0.25) is 4.79 Å². The molecule has 0 aliphatic carbocycles. The van der Waals surface area contributed by atoms with Gasteiger partial charge in [-0.05, 0) is 25.0 Å². The van der Waals surface area contributed by atoms with E-state index < -0.39 is 0 Å². The molecule has 3 aliphatic rings. The Morgan fingerprint density at radius 2 is 1.78 bits per heavy atom. The van der Waals surface area contributed by atoms with Gasteiger partial charge in [0.25, 0.3) is 0 Å². The molecule has 4 rings (SSSR count). The Labute approximate surface area is 105 Å². The maximum absolute atomic E-state index is 11.6. The van der Waals surface area contributed by atoms with Crippen molar-refractivity contribution in [3.8, 4) is 11.5 Å². The monoisotopic (exact) mass is 245 g/mol. The molecule has 2 saturated heterocycles. The molecule has 4 heteroatoms. The number of carbonyl (C=O) groups is 1. The van der Waals surface area contributed by atoms with E-state index in [0.717, 1.165) is 24.3 Å². The number of rotatable bonds is 1. The first-order valence-corrected chi connectivity index (χ1v) is 6.51. The maximum Gasteiger partial charge on any atom is 0.231 e. The van der Waals surface area contributed by atoms with Gasteiger partial charge in [-0.2, -0.15) is 0 Å². The minimum Gasteiger partial charge on any atom is -0.454 e. The van der Waals surface area contributed by atoms with E-state index in [2.05, 4.69) is 11.0 Å². The molecule has 0 spiro atoms. The van der Waals surface area contributed by atoms with Crippen LogP contribution in [0.1, 0.15) is 25.7 Å². The van der Waals surface area contributed by atoms with Gasteiger partial charge >= 0.3 is 0 Å². The highest BCUT2D eigenvalue weighted by molar-refractivity contribution is 5.83. The smallest absolute Gasteiger partial charge is 0.231 e. The normalized spacial score (nSPS) is 28.9. The molecule has 4 nitrogen and oxygen atoms in total. The summed E-state index contributed by atoms with van der Waals surface area (Å²) in [6, 6.07) is 6.86. The zero-order valence-corrected chi connectivity index (χ0v) is 10.1. The number of hydrogen-bond donors (Lipinski definition) is 0. The number of ketones is 1. The zero-order chi connectivity index (χ0) is 12.1. The number of carbonyl (C=O) groups excluding carboxylic acids is 1. The zero-order valence-electron chi connectivity index (χ0n) is 10.1. The number of fused-ring (bicyclic) bond motifs is 3. The second-order valence-corrected chi connectivity index (χ2v) is 5.28. The molecule has 1 aromatic carbocycles. The summed E-state index contributed by atoms with van der Waals surface area (Å²) >= 11 is 0. The van der Waals surface area contributed by atoms with E-state index in [0.29, 0.717) is 37.5 Å². The SMILES string of the molecule is O=C1CC2CCC(C1)N2c1ccc2c(c1)OCO2. The summed E-state index contributed by atoms with van der Waals surface area (Å²) < 4.78 is 10.8. The average Bonchev–Trinajstić information content (AvgIpc) is 2.91. The quantitative estimate of drug-likeness (QED) is 0.759. The molecule has 0 radical (unpaired) electrons. The van der Waals surface area contributed by atoms with Crippen molar-refractivity contribution in [2.45, 2.75) is 37.8 Å². The second-order valence-electron chi connectivity index (χ2n) is 5.28. The Bertz CT molecular complexity index is 498. The largest absolute Gasteiger partial charge is 0.454 e. The molecule has 2 atom stereocenters. The van der Waals surface area contributed by atoms with Gasteiger partial charge in [-0.25, -0.2) is 0 Å². The van der Waals surface area contributed by atoms with E-state index in [1.54, 1.807) is 0 Å². The van der Waals surface area contributed by atoms with E-state index in [1.165, 1.54) is 5.69 Å². The van der Waals surface area contributed by atoms with Gasteiger partial charge in [0.1, 0.15) is 5.78 Å². The van der Waals surface area contributed by atoms with E-state index >= 15 is 0 Å². The number of piperidine rings is 1. The minimum absolute atomic E-state index is 0.310. The van der Waals surface area contributed by atoms with Gasteiger partial charge in [0.2, 0.25) is 6.79 Å². The molecule has 18 heavy (non-hydrogen) atoms. The van der Waals surface area contributed by atoms with Crippen LogP contribution in [0.3, 0.4) is 0 Å². The van der Waals surface area contributed by atoms with Crippen LogP contribution in [0.2, 0.25) is 0 Å². The number of Topliss-reactive ketones (excluding diaryl/α,β-unsaturated/α-hetero) is 1. The molecule has 2 fully saturated rings. The standard InChI is InChI=1S/C14H15NO3/c16-12-5-9-1-2-10(6-12)15(9)11-3-4-13-14(7-11)18-8-17-13/h3-4,7,9-10H,1-2,5-6,8H2. The summed E-state index contributed by atoms with van der Waals surface area (Å²) in [5, 5.41) is 0. The van der Waals surface area contributed by atoms with E-state index in [9.17, 15) is 4.79 Å². The molecule has 3 aliphatic heterocycles. The summed E-state index contributed by atoms with van der Waals surface area (Å²) in [6.45, 7) is 0.310. The van der Waals surface area contributed by atoms with Crippen LogP contribution < -0.4 is 14.4 Å². The Hall–Kier alpha value is -1.71. The fourth-order valence-corrected chi connectivity index (χ4v) is 3.44. The minimum atomic E-state index is 0.310. The summed E-state index contributed by atoms with van der Waals surface area (Å²) in [5.41, 5.74) is 1.17. The number of nitrogens with zero attached hydrogens (tertiary/aromatic N) is 1. The van der Waals surface area contributed by atoms with Crippen LogP contribution in [-0.4, -0.2) is 24.7 Å². The highest BCUT2D eigenvalue weighted by Gasteiger charge is 2.40. The molecule has 0 aromatic heterocycles. The van der Waals surface area contributed by atoms with Gasteiger partial charge in [-0.15, -0.1) is 0 Å². The van der Waals surface area contributed by atoms with Crippen molar-refractivity contribution in [3.63, 3.8) is 0 Å². The summed E-state index contributed by atoms with van der Waals surface area (Å²) in [7, 11) is 0. The third kappa shape index (κ3) is 1.41. The number of anilines is 1. The molecule has 3 heterocycles. The van der Waals surface area contributed by atoms with Crippen molar-refractivity contribution < 1.29 is 14.3 Å². The van der Waals surface area contributed by atoms with Crippen LogP contribution >= 0.6 is 0 Å². The van der Waals surface area contributed by atoms with Gasteiger partial charge < -0.3 is 14.4 Å². The fraction of sp³-hybridized carbons (Fsp3) is 0.500. The van der Waals surface area contributed by atoms with Crippen LogP contribution in [0.15, 0.2) is 18.2 Å². The Kier molecular flexibility index (Phi) is 2.07. The number of benzene rings is 1. The van der Waals surface area contributed by atoms with E-state index in [1.807, 2.05) is 12.1 Å².